The zero-order chi connectivity index (χ0) is 20.9. The third kappa shape index (κ3) is 4.71. The van der Waals surface area contributed by atoms with Gasteiger partial charge in [0.25, 0.3) is 0 Å². The first-order chi connectivity index (χ1) is 14.0. The molecule has 2 aromatic rings. The van der Waals surface area contributed by atoms with Crippen LogP contribution in [0.3, 0.4) is 0 Å². The first-order valence-electron chi connectivity index (χ1n) is 9.71. The highest BCUT2D eigenvalue weighted by atomic mass is 32.2. The predicted molar refractivity (Wildman–Crippen MR) is 110 cm³/mol. The second-order valence-corrected chi connectivity index (χ2v) is 8.51. The number of sulfone groups is 1. The normalized spacial score (nSPS) is 14.5. The van der Waals surface area contributed by atoms with E-state index in [-0.39, 0.29) is 15.5 Å². The molecule has 1 aliphatic heterocycles. The van der Waals surface area contributed by atoms with Crippen molar-refractivity contribution in [2.45, 2.75) is 23.6 Å². The van der Waals surface area contributed by atoms with Crippen LogP contribution in [0.5, 0.6) is 5.75 Å². The van der Waals surface area contributed by atoms with Crippen LogP contribution in [0.4, 0.5) is 10.5 Å². The van der Waals surface area contributed by atoms with E-state index >= 15 is 0 Å². The minimum absolute atomic E-state index is 0.0267. The molecule has 1 fully saturated rings. The number of amides is 1. The molecule has 0 N–H and O–H groups in total. The van der Waals surface area contributed by atoms with Gasteiger partial charge in [-0.2, -0.15) is 0 Å². The monoisotopic (exact) mass is 418 g/mol. The van der Waals surface area contributed by atoms with Crippen LogP contribution in [0.1, 0.15) is 13.8 Å². The van der Waals surface area contributed by atoms with Crippen LogP contribution >= 0.6 is 0 Å². The van der Waals surface area contributed by atoms with Crippen LogP contribution in [0.15, 0.2) is 58.3 Å². The number of carbonyl (C=O) groups is 1. The van der Waals surface area contributed by atoms with E-state index in [9.17, 15) is 13.2 Å². The zero-order valence-electron chi connectivity index (χ0n) is 16.7. The number of ether oxygens (including phenoxy) is 2. The summed E-state index contributed by atoms with van der Waals surface area (Å²) < 4.78 is 37.3. The molecule has 1 amide bonds. The Kier molecular flexibility index (Phi) is 6.76. The largest absolute Gasteiger partial charge is 0.415 e. The fraction of sp³-hybridized carbons (Fsp3) is 0.381. The molecule has 0 saturated carbocycles. The quantitative estimate of drug-likeness (QED) is 0.717. The van der Waals surface area contributed by atoms with Crippen molar-refractivity contribution in [1.82, 2.24) is 4.90 Å². The molecule has 7 nitrogen and oxygen atoms in total. The van der Waals surface area contributed by atoms with Crippen molar-refractivity contribution in [2.75, 3.05) is 44.3 Å². The van der Waals surface area contributed by atoms with Gasteiger partial charge in [0.15, 0.2) is 5.75 Å². The SMILES string of the molecule is CCN(CC)C(=O)Oc1cc(N2CCOCC2)ccc1S(=O)(=O)c1ccccc1. The van der Waals surface area contributed by atoms with Crippen LogP contribution in [0.25, 0.3) is 0 Å². The Labute approximate surface area is 171 Å². The molecule has 0 aliphatic carbocycles. The number of benzene rings is 2. The lowest BCUT2D eigenvalue weighted by molar-refractivity contribution is 0.122. The van der Waals surface area contributed by atoms with Gasteiger partial charge in [0.1, 0.15) is 4.90 Å². The van der Waals surface area contributed by atoms with Crippen molar-refractivity contribution in [2.24, 2.45) is 0 Å². The molecule has 0 aromatic heterocycles. The highest BCUT2D eigenvalue weighted by Crippen LogP contribution is 2.34. The number of carbonyl (C=O) groups excluding carboxylic acids is 1. The number of hydrogen-bond donors (Lipinski definition) is 0. The summed E-state index contributed by atoms with van der Waals surface area (Å²) in [5.74, 6) is 0.0368. The molecule has 1 aliphatic rings. The zero-order valence-corrected chi connectivity index (χ0v) is 17.5. The summed E-state index contributed by atoms with van der Waals surface area (Å²) >= 11 is 0. The van der Waals surface area contributed by atoms with E-state index in [2.05, 4.69) is 4.90 Å². The van der Waals surface area contributed by atoms with E-state index < -0.39 is 15.9 Å². The van der Waals surface area contributed by atoms with E-state index in [1.165, 1.54) is 23.1 Å². The van der Waals surface area contributed by atoms with Gasteiger partial charge < -0.3 is 19.3 Å². The van der Waals surface area contributed by atoms with Crippen LogP contribution in [0, 0.1) is 0 Å². The first-order valence-corrected chi connectivity index (χ1v) is 11.2. The lowest BCUT2D eigenvalue weighted by Gasteiger charge is -2.29. The third-order valence-corrected chi connectivity index (χ3v) is 6.67. The Morgan fingerprint density at radius 3 is 2.34 bits per heavy atom. The molecule has 0 atom stereocenters. The molecule has 0 spiro atoms. The van der Waals surface area contributed by atoms with E-state index in [0.29, 0.717) is 39.4 Å². The fourth-order valence-corrected chi connectivity index (χ4v) is 4.57. The Morgan fingerprint density at radius 1 is 1.07 bits per heavy atom. The maximum Gasteiger partial charge on any atom is 0.415 e. The van der Waals surface area contributed by atoms with Gasteiger partial charge in [-0.25, -0.2) is 13.2 Å². The minimum Gasteiger partial charge on any atom is -0.409 e. The maximum atomic E-state index is 13.2. The summed E-state index contributed by atoms with van der Waals surface area (Å²) in [5.41, 5.74) is 0.794. The highest BCUT2D eigenvalue weighted by Gasteiger charge is 2.26. The molecular formula is C21H26N2O5S. The molecule has 8 heteroatoms. The lowest BCUT2D eigenvalue weighted by atomic mass is 10.2. The summed E-state index contributed by atoms with van der Waals surface area (Å²) in [4.78, 5) is 16.3. The lowest BCUT2D eigenvalue weighted by Crippen LogP contribution is -2.36. The summed E-state index contributed by atoms with van der Waals surface area (Å²) in [6, 6.07) is 13.0. The van der Waals surface area contributed by atoms with Gasteiger partial charge >= 0.3 is 6.09 Å². The van der Waals surface area contributed by atoms with E-state index in [4.69, 9.17) is 9.47 Å². The van der Waals surface area contributed by atoms with Crippen molar-refractivity contribution < 1.29 is 22.7 Å². The van der Waals surface area contributed by atoms with Crippen molar-refractivity contribution in [3.63, 3.8) is 0 Å². The van der Waals surface area contributed by atoms with Crippen molar-refractivity contribution in [3.8, 4) is 5.75 Å². The van der Waals surface area contributed by atoms with Crippen molar-refractivity contribution in [1.29, 1.82) is 0 Å². The van der Waals surface area contributed by atoms with Gasteiger partial charge in [-0.15, -0.1) is 0 Å². The van der Waals surface area contributed by atoms with E-state index in [1.807, 2.05) is 13.8 Å². The van der Waals surface area contributed by atoms with Crippen LogP contribution in [-0.4, -0.2) is 58.8 Å². The number of hydrogen-bond acceptors (Lipinski definition) is 6. The average Bonchev–Trinajstić information content (AvgIpc) is 2.75. The molecule has 3 rings (SSSR count). The maximum absolute atomic E-state index is 13.2. The van der Waals surface area contributed by atoms with Gasteiger partial charge in [-0.1, -0.05) is 18.2 Å². The van der Waals surface area contributed by atoms with Crippen molar-refractivity contribution >= 4 is 21.6 Å². The minimum atomic E-state index is -3.84. The van der Waals surface area contributed by atoms with Gasteiger partial charge in [-0.05, 0) is 38.1 Å². The van der Waals surface area contributed by atoms with Crippen LogP contribution in [-0.2, 0) is 14.6 Å². The number of nitrogens with zero attached hydrogens (tertiary/aromatic N) is 2. The summed E-state index contributed by atoms with van der Waals surface area (Å²) in [6.45, 7) is 7.20. The molecule has 0 radical (unpaired) electrons. The molecule has 29 heavy (non-hydrogen) atoms. The van der Waals surface area contributed by atoms with E-state index in [1.54, 1.807) is 30.3 Å². The smallest absolute Gasteiger partial charge is 0.409 e. The van der Waals surface area contributed by atoms with Gasteiger partial charge in [0.05, 0.1) is 18.1 Å². The topological polar surface area (TPSA) is 76.2 Å². The number of morpholine rings is 1. The van der Waals surface area contributed by atoms with Gasteiger partial charge in [0, 0.05) is 37.9 Å². The Balaban J connectivity index is 2.03. The number of anilines is 1. The predicted octanol–water partition coefficient (Wildman–Crippen LogP) is 3.20. The molecular weight excluding hydrogens is 392 g/mol. The van der Waals surface area contributed by atoms with Crippen LogP contribution < -0.4 is 9.64 Å². The second kappa shape index (κ2) is 9.28. The molecule has 2 aromatic carbocycles. The average molecular weight is 419 g/mol. The molecule has 1 heterocycles. The summed E-state index contributed by atoms with van der Waals surface area (Å²) in [5, 5.41) is 0. The highest BCUT2D eigenvalue weighted by molar-refractivity contribution is 7.91. The molecule has 1 saturated heterocycles. The van der Waals surface area contributed by atoms with Crippen molar-refractivity contribution in [3.05, 3.63) is 48.5 Å². The summed E-state index contributed by atoms with van der Waals surface area (Å²) in [7, 11) is -3.84. The van der Waals surface area contributed by atoms with E-state index in [0.717, 1.165) is 5.69 Å². The molecule has 0 bridgehead atoms. The molecule has 156 valence electrons. The van der Waals surface area contributed by atoms with Gasteiger partial charge in [-0.3, -0.25) is 0 Å². The first kappa shape index (κ1) is 21.1. The second-order valence-electron chi connectivity index (χ2n) is 6.59. The molecule has 0 unspecified atom stereocenters. The Bertz CT molecular complexity index is 937. The third-order valence-electron chi connectivity index (χ3n) is 4.87. The van der Waals surface area contributed by atoms with Gasteiger partial charge in [0.2, 0.25) is 9.84 Å². The Morgan fingerprint density at radius 2 is 1.72 bits per heavy atom. The standard InChI is InChI=1S/C21H26N2O5S/c1-3-22(4-2)21(24)28-19-16-17(23-12-14-27-15-13-23)10-11-20(19)29(25,26)18-8-6-5-7-9-18/h5-11,16H,3-4,12-15H2,1-2H3. The number of rotatable bonds is 6. The Hall–Kier alpha value is -2.58. The fourth-order valence-electron chi connectivity index (χ4n) is 3.18. The van der Waals surface area contributed by atoms with Crippen LogP contribution in [0.2, 0.25) is 0 Å². The summed E-state index contributed by atoms with van der Waals surface area (Å²) in [6.07, 6.45) is -0.571.